The number of hydrogen-bond donors (Lipinski definition) is 3. The van der Waals surface area contributed by atoms with E-state index < -0.39 is 6.03 Å². The van der Waals surface area contributed by atoms with Crippen LogP contribution in [0.2, 0.25) is 10.0 Å². The lowest BCUT2D eigenvalue weighted by Gasteiger charge is -2.14. The molecule has 0 unspecified atom stereocenters. The number of nitrogens with one attached hydrogen (secondary N) is 2. The third kappa shape index (κ3) is 4.90. The molecule has 3 aromatic rings. The molecule has 29 heavy (non-hydrogen) atoms. The third-order valence-electron chi connectivity index (χ3n) is 4.26. The first-order valence-electron chi connectivity index (χ1n) is 9.02. The van der Waals surface area contributed by atoms with Crippen LogP contribution in [0, 0.1) is 0 Å². The second-order valence-corrected chi connectivity index (χ2v) is 8.37. The molecule has 0 aliphatic carbocycles. The van der Waals surface area contributed by atoms with Gasteiger partial charge in [0.25, 0.3) is 0 Å². The quantitative estimate of drug-likeness (QED) is 0.500. The van der Waals surface area contributed by atoms with E-state index in [4.69, 9.17) is 23.2 Å². The third-order valence-corrected chi connectivity index (χ3v) is 5.08. The van der Waals surface area contributed by atoms with Crippen LogP contribution >= 0.6 is 23.2 Å². The van der Waals surface area contributed by atoms with Crippen LogP contribution in [0.1, 0.15) is 32.0 Å². The summed E-state index contributed by atoms with van der Waals surface area (Å²) < 4.78 is 1.64. The molecule has 6 nitrogen and oxygen atoms in total. The minimum Gasteiger partial charge on any atom is -0.392 e. The molecule has 0 spiro atoms. The zero-order valence-corrected chi connectivity index (χ0v) is 17.8. The highest BCUT2D eigenvalue weighted by Crippen LogP contribution is 2.30. The van der Waals surface area contributed by atoms with E-state index in [1.54, 1.807) is 22.9 Å². The van der Waals surface area contributed by atoms with Crippen LogP contribution in [0.15, 0.2) is 48.5 Å². The minimum absolute atomic E-state index is 0.0856. The number of anilines is 2. The Morgan fingerprint density at radius 1 is 1.10 bits per heavy atom. The number of aliphatic hydroxyl groups excluding tert-OH is 1. The molecule has 0 saturated carbocycles. The lowest BCUT2D eigenvalue weighted by atomic mass is 9.92. The maximum absolute atomic E-state index is 12.6. The van der Waals surface area contributed by atoms with Gasteiger partial charge in [-0.15, -0.1) is 0 Å². The summed E-state index contributed by atoms with van der Waals surface area (Å²) in [4.78, 5) is 12.6. The molecular formula is C21H22Cl2N4O2. The number of halogens is 2. The number of hydrogen-bond acceptors (Lipinski definition) is 3. The minimum atomic E-state index is -0.478. The number of amides is 2. The van der Waals surface area contributed by atoms with Gasteiger partial charge in [0.2, 0.25) is 0 Å². The standard InChI is InChI=1S/C21H22Cl2N4O2/c1-21(2,3)17-11-18(27(26-17)14-7-4-6-13(10-14)12-28)25-20(29)24-16-9-5-8-15(22)19(16)23/h4-11,28H,12H2,1-3H3,(H2,24,25,29). The molecule has 1 heterocycles. The predicted molar refractivity (Wildman–Crippen MR) is 117 cm³/mol. The van der Waals surface area contributed by atoms with Crippen LogP contribution in [0.5, 0.6) is 0 Å². The number of carbonyl (C=O) groups is 1. The molecule has 0 bridgehead atoms. The second-order valence-electron chi connectivity index (χ2n) is 7.59. The van der Waals surface area contributed by atoms with Gasteiger partial charge in [0, 0.05) is 11.5 Å². The van der Waals surface area contributed by atoms with Crippen LogP contribution < -0.4 is 10.6 Å². The van der Waals surface area contributed by atoms with Crippen LogP contribution in [0.3, 0.4) is 0 Å². The second kappa shape index (κ2) is 8.45. The summed E-state index contributed by atoms with van der Waals surface area (Å²) in [6.07, 6.45) is 0. The zero-order chi connectivity index (χ0) is 21.2. The number of rotatable bonds is 4. The SMILES string of the molecule is CC(C)(C)c1cc(NC(=O)Nc2cccc(Cl)c2Cl)n(-c2cccc(CO)c2)n1. The number of aromatic nitrogens is 2. The molecule has 3 N–H and O–H groups in total. The normalized spacial score (nSPS) is 11.4. The number of benzene rings is 2. The molecule has 2 aromatic carbocycles. The Balaban J connectivity index is 1.94. The summed E-state index contributed by atoms with van der Waals surface area (Å²) in [6.45, 7) is 6.04. The van der Waals surface area contributed by atoms with Crippen molar-refractivity contribution in [2.75, 3.05) is 10.6 Å². The Morgan fingerprint density at radius 2 is 1.83 bits per heavy atom. The topological polar surface area (TPSA) is 79.2 Å². The Bertz CT molecular complexity index is 1040. The fourth-order valence-electron chi connectivity index (χ4n) is 2.69. The largest absolute Gasteiger partial charge is 0.392 e. The molecule has 152 valence electrons. The Morgan fingerprint density at radius 3 is 2.52 bits per heavy atom. The summed E-state index contributed by atoms with van der Waals surface area (Å²) in [5.41, 5.74) is 2.46. The lowest BCUT2D eigenvalue weighted by molar-refractivity contribution is 0.262. The highest BCUT2D eigenvalue weighted by atomic mass is 35.5. The molecule has 8 heteroatoms. The Labute approximate surface area is 179 Å². The average Bonchev–Trinajstić information content (AvgIpc) is 3.09. The van der Waals surface area contributed by atoms with Gasteiger partial charge in [-0.3, -0.25) is 5.32 Å². The van der Waals surface area contributed by atoms with Gasteiger partial charge in [0.1, 0.15) is 5.82 Å². The molecule has 0 aliphatic rings. The van der Waals surface area contributed by atoms with Crippen LogP contribution in [0.4, 0.5) is 16.3 Å². The lowest BCUT2D eigenvalue weighted by Crippen LogP contribution is -2.21. The number of carbonyl (C=O) groups excluding carboxylic acids is 1. The first kappa shape index (κ1) is 21.2. The monoisotopic (exact) mass is 432 g/mol. The van der Waals surface area contributed by atoms with Crippen LogP contribution in [0.25, 0.3) is 5.69 Å². The molecule has 0 atom stereocenters. The summed E-state index contributed by atoms with van der Waals surface area (Å²) in [5, 5.41) is 20.2. The van der Waals surface area contributed by atoms with Gasteiger partial charge in [-0.1, -0.05) is 62.2 Å². The van der Waals surface area contributed by atoms with Crippen molar-refractivity contribution in [1.29, 1.82) is 0 Å². The van der Waals surface area contributed by atoms with E-state index in [9.17, 15) is 9.90 Å². The molecule has 3 rings (SSSR count). The number of aliphatic hydroxyl groups is 1. The number of urea groups is 1. The predicted octanol–water partition coefficient (Wildman–Crippen LogP) is 5.61. The molecule has 0 saturated heterocycles. The van der Waals surface area contributed by atoms with Crippen molar-refractivity contribution in [3.63, 3.8) is 0 Å². The summed E-state index contributed by atoms with van der Waals surface area (Å²) in [7, 11) is 0. The molecular weight excluding hydrogens is 411 g/mol. The molecule has 0 aliphatic heterocycles. The maximum atomic E-state index is 12.6. The van der Waals surface area contributed by atoms with Gasteiger partial charge >= 0.3 is 6.03 Å². The fourth-order valence-corrected chi connectivity index (χ4v) is 3.04. The van der Waals surface area contributed by atoms with Crippen LogP contribution in [-0.2, 0) is 12.0 Å². The van der Waals surface area contributed by atoms with Crippen LogP contribution in [-0.4, -0.2) is 20.9 Å². The smallest absolute Gasteiger partial charge is 0.324 e. The zero-order valence-electron chi connectivity index (χ0n) is 16.3. The fraction of sp³-hybridized carbons (Fsp3) is 0.238. The van der Waals surface area contributed by atoms with Crippen molar-refractivity contribution in [2.24, 2.45) is 0 Å². The van der Waals surface area contributed by atoms with Crippen molar-refractivity contribution in [3.05, 3.63) is 69.8 Å². The van der Waals surface area contributed by atoms with Gasteiger partial charge < -0.3 is 10.4 Å². The molecule has 2 amide bonds. The first-order chi connectivity index (χ1) is 13.7. The van der Waals surface area contributed by atoms with E-state index in [-0.39, 0.29) is 17.0 Å². The van der Waals surface area contributed by atoms with Crippen molar-refractivity contribution < 1.29 is 9.90 Å². The summed E-state index contributed by atoms with van der Waals surface area (Å²) >= 11 is 12.2. The average molecular weight is 433 g/mol. The summed E-state index contributed by atoms with van der Waals surface area (Å²) in [6, 6.07) is 13.7. The molecule has 0 radical (unpaired) electrons. The van der Waals surface area contributed by atoms with Crippen molar-refractivity contribution in [3.8, 4) is 5.69 Å². The molecule has 0 fully saturated rings. The Kier molecular flexibility index (Phi) is 6.17. The highest BCUT2D eigenvalue weighted by molar-refractivity contribution is 6.44. The van der Waals surface area contributed by atoms with Gasteiger partial charge in [-0.25, -0.2) is 9.48 Å². The van der Waals surface area contributed by atoms with E-state index in [0.717, 1.165) is 16.9 Å². The number of nitrogens with zero attached hydrogens (tertiary/aromatic N) is 2. The van der Waals surface area contributed by atoms with E-state index in [1.807, 2.05) is 51.1 Å². The molecule has 1 aromatic heterocycles. The van der Waals surface area contributed by atoms with Crippen molar-refractivity contribution in [2.45, 2.75) is 32.8 Å². The maximum Gasteiger partial charge on any atom is 0.324 e. The highest BCUT2D eigenvalue weighted by Gasteiger charge is 2.22. The van der Waals surface area contributed by atoms with Gasteiger partial charge in [-0.2, -0.15) is 5.10 Å². The van der Waals surface area contributed by atoms with Gasteiger partial charge in [0.15, 0.2) is 0 Å². The van der Waals surface area contributed by atoms with E-state index in [2.05, 4.69) is 15.7 Å². The Hall–Kier alpha value is -2.54. The van der Waals surface area contributed by atoms with Crippen molar-refractivity contribution in [1.82, 2.24) is 9.78 Å². The van der Waals surface area contributed by atoms with E-state index in [1.165, 1.54) is 0 Å². The van der Waals surface area contributed by atoms with Crippen molar-refractivity contribution >= 4 is 40.7 Å². The summed E-state index contributed by atoms with van der Waals surface area (Å²) in [5.74, 6) is 0.487. The van der Waals surface area contributed by atoms with Gasteiger partial charge in [0.05, 0.1) is 33.7 Å². The van der Waals surface area contributed by atoms with Gasteiger partial charge in [-0.05, 0) is 29.8 Å². The van der Waals surface area contributed by atoms with E-state index in [0.29, 0.717) is 16.5 Å². The van der Waals surface area contributed by atoms with E-state index >= 15 is 0 Å². The first-order valence-corrected chi connectivity index (χ1v) is 9.77.